The first kappa shape index (κ1) is 13.8. The van der Waals surface area contributed by atoms with E-state index in [2.05, 4.69) is 10.3 Å². The molecule has 4 nitrogen and oxygen atoms in total. The van der Waals surface area contributed by atoms with Crippen molar-refractivity contribution in [2.75, 3.05) is 5.32 Å². The zero-order valence-electron chi connectivity index (χ0n) is 12.3. The molecule has 1 saturated heterocycles. The molecule has 2 aliphatic rings. The lowest BCUT2D eigenvalue weighted by Gasteiger charge is -2.32. The third-order valence-electron chi connectivity index (χ3n) is 4.36. The van der Waals surface area contributed by atoms with Crippen LogP contribution >= 0.6 is 0 Å². The molecule has 0 bridgehead atoms. The first-order valence-electron chi connectivity index (χ1n) is 7.01. The summed E-state index contributed by atoms with van der Waals surface area (Å²) in [6.07, 6.45) is 1.50. The largest absolute Gasteiger partial charge is 0.495 e. The van der Waals surface area contributed by atoms with Crippen LogP contribution in [0.25, 0.3) is 0 Å². The third kappa shape index (κ3) is 2.42. The monoisotopic (exact) mass is 278 g/mol. The molecule has 1 saturated carbocycles. The van der Waals surface area contributed by atoms with Gasteiger partial charge >= 0.3 is 7.12 Å². The summed E-state index contributed by atoms with van der Waals surface area (Å²) in [5, 5.41) is 3.07. The van der Waals surface area contributed by atoms with Crippen molar-refractivity contribution >= 4 is 18.4 Å². The Balaban J connectivity index is 1.76. The Labute approximate surface area is 119 Å². The molecule has 0 aromatic carbocycles. The van der Waals surface area contributed by atoms with Crippen LogP contribution in [0.2, 0.25) is 0 Å². The van der Waals surface area contributed by atoms with Crippen LogP contribution in [0.1, 0.15) is 34.1 Å². The first-order chi connectivity index (χ1) is 9.28. The summed E-state index contributed by atoms with van der Waals surface area (Å²) in [5.41, 5.74) is 0.168. The average molecular weight is 278 g/mol. The van der Waals surface area contributed by atoms with Crippen LogP contribution in [0.3, 0.4) is 0 Å². The highest BCUT2D eigenvalue weighted by atomic mass is 19.1. The lowest BCUT2D eigenvalue weighted by Crippen LogP contribution is -2.41. The number of nitrogens with one attached hydrogen (secondary N) is 1. The van der Waals surface area contributed by atoms with E-state index < -0.39 is 13.3 Å². The minimum atomic E-state index is -0.752. The Morgan fingerprint density at radius 3 is 2.45 bits per heavy atom. The summed E-state index contributed by atoms with van der Waals surface area (Å²) < 4.78 is 24.9. The molecule has 2 atom stereocenters. The van der Waals surface area contributed by atoms with Gasteiger partial charge in [-0.25, -0.2) is 9.37 Å². The molecule has 1 aliphatic heterocycles. The molecule has 20 heavy (non-hydrogen) atoms. The fraction of sp³-hybridized carbons (Fsp3) is 0.643. The molecule has 108 valence electrons. The van der Waals surface area contributed by atoms with Gasteiger partial charge in [-0.1, -0.05) is 0 Å². The lowest BCUT2D eigenvalue weighted by atomic mass is 9.80. The Morgan fingerprint density at radius 2 is 1.90 bits per heavy atom. The number of pyridine rings is 1. The molecule has 1 aliphatic carbocycles. The van der Waals surface area contributed by atoms with E-state index in [0.717, 1.165) is 5.46 Å². The molecule has 0 radical (unpaired) electrons. The van der Waals surface area contributed by atoms with Crippen molar-refractivity contribution in [2.45, 2.75) is 57.5 Å². The van der Waals surface area contributed by atoms with Crippen LogP contribution in [0.4, 0.5) is 10.2 Å². The van der Waals surface area contributed by atoms with Gasteiger partial charge in [0.05, 0.1) is 17.2 Å². The van der Waals surface area contributed by atoms with E-state index in [1.54, 1.807) is 6.20 Å². The Hall–Kier alpha value is -1.14. The molecular weight excluding hydrogens is 258 g/mol. The summed E-state index contributed by atoms with van der Waals surface area (Å²) in [7, 11) is -0.413. The van der Waals surface area contributed by atoms with Crippen molar-refractivity contribution in [3.63, 3.8) is 0 Å². The van der Waals surface area contributed by atoms with Gasteiger partial charge in [0.25, 0.3) is 0 Å². The van der Waals surface area contributed by atoms with Gasteiger partial charge in [-0.15, -0.1) is 0 Å². The quantitative estimate of drug-likeness (QED) is 0.858. The predicted octanol–water partition coefficient (Wildman–Crippen LogP) is 1.90. The summed E-state index contributed by atoms with van der Waals surface area (Å²) in [6.45, 7) is 8.08. The second-order valence-corrected chi connectivity index (χ2v) is 6.57. The predicted molar refractivity (Wildman–Crippen MR) is 76.9 cm³/mol. The molecule has 2 fully saturated rings. The fourth-order valence-electron chi connectivity index (χ4n) is 2.15. The topological polar surface area (TPSA) is 43.4 Å². The Morgan fingerprint density at radius 1 is 1.30 bits per heavy atom. The average Bonchev–Trinajstić information content (AvgIpc) is 2.97. The zero-order chi connectivity index (χ0) is 14.5. The van der Waals surface area contributed by atoms with Crippen LogP contribution in [0, 0.1) is 0 Å². The van der Waals surface area contributed by atoms with Crippen molar-refractivity contribution < 1.29 is 13.7 Å². The minimum Gasteiger partial charge on any atom is -0.399 e. The van der Waals surface area contributed by atoms with Crippen molar-refractivity contribution in [1.29, 1.82) is 0 Å². The Kier molecular flexibility index (Phi) is 3.06. The van der Waals surface area contributed by atoms with Gasteiger partial charge < -0.3 is 14.6 Å². The summed E-state index contributed by atoms with van der Waals surface area (Å²) >= 11 is 0. The van der Waals surface area contributed by atoms with Gasteiger partial charge in [-0.05, 0) is 45.3 Å². The van der Waals surface area contributed by atoms with E-state index in [-0.39, 0.29) is 17.2 Å². The van der Waals surface area contributed by atoms with Crippen LogP contribution in [-0.4, -0.2) is 35.5 Å². The van der Waals surface area contributed by atoms with Gasteiger partial charge in [0.1, 0.15) is 12.0 Å². The molecule has 1 N–H and O–H groups in total. The molecule has 3 rings (SSSR count). The third-order valence-corrected chi connectivity index (χ3v) is 4.36. The van der Waals surface area contributed by atoms with E-state index in [1.807, 2.05) is 39.8 Å². The molecule has 1 aromatic heterocycles. The van der Waals surface area contributed by atoms with Gasteiger partial charge in [-0.3, -0.25) is 0 Å². The number of anilines is 1. The van der Waals surface area contributed by atoms with E-state index in [4.69, 9.17) is 9.31 Å². The SMILES string of the molecule is CC1(C)OB(c2ccnc(NC3CC3F)c2)OC1(C)C. The summed E-state index contributed by atoms with van der Waals surface area (Å²) in [4.78, 5) is 4.21. The smallest absolute Gasteiger partial charge is 0.399 e. The molecular formula is C14H20BFN2O2. The van der Waals surface area contributed by atoms with Crippen LogP contribution in [-0.2, 0) is 9.31 Å². The lowest BCUT2D eigenvalue weighted by molar-refractivity contribution is 0.00578. The van der Waals surface area contributed by atoms with Crippen molar-refractivity contribution in [2.24, 2.45) is 0 Å². The van der Waals surface area contributed by atoms with Crippen molar-refractivity contribution in [3.8, 4) is 0 Å². The maximum Gasteiger partial charge on any atom is 0.495 e. The summed E-state index contributed by atoms with van der Waals surface area (Å²) in [6, 6.07) is 3.64. The molecule has 1 aromatic rings. The van der Waals surface area contributed by atoms with Crippen LogP contribution in [0.15, 0.2) is 18.3 Å². The number of rotatable bonds is 3. The number of alkyl halides is 1. The van der Waals surface area contributed by atoms with E-state index in [9.17, 15) is 4.39 Å². The van der Waals surface area contributed by atoms with Crippen LogP contribution in [0.5, 0.6) is 0 Å². The summed E-state index contributed by atoms with van der Waals surface area (Å²) in [5.74, 6) is 0.669. The second kappa shape index (κ2) is 4.43. The van der Waals surface area contributed by atoms with Gasteiger partial charge in [-0.2, -0.15) is 0 Å². The van der Waals surface area contributed by atoms with E-state index in [0.29, 0.717) is 12.2 Å². The number of hydrogen-bond acceptors (Lipinski definition) is 4. The number of halogens is 1. The van der Waals surface area contributed by atoms with Gasteiger partial charge in [0.2, 0.25) is 0 Å². The second-order valence-electron chi connectivity index (χ2n) is 6.57. The molecule has 2 heterocycles. The molecule has 0 amide bonds. The molecule has 2 unspecified atom stereocenters. The highest BCUT2D eigenvalue weighted by molar-refractivity contribution is 6.62. The number of hydrogen-bond donors (Lipinski definition) is 1. The standard InChI is InChI=1S/C14H20BFN2O2/c1-13(2)14(3,4)20-15(19-13)9-5-6-17-12(7-9)18-11-8-10(11)16/h5-7,10-11H,8H2,1-4H3,(H,17,18). The normalized spacial score (nSPS) is 30.4. The maximum atomic E-state index is 12.9. The first-order valence-corrected chi connectivity index (χ1v) is 7.01. The van der Waals surface area contributed by atoms with Crippen molar-refractivity contribution in [3.05, 3.63) is 18.3 Å². The number of aromatic nitrogens is 1. The molecule has 6 heteroatoms. The Bertz CT molecular complexity index is 508. The van der Waals surface area contributed by atoms with Gasteiger partial charge in [0.15, 0.2) is 0 Å². The van der Waals surface area contributed by atoms with E-state index in [1.165, 1.54) is 0 Å². The zero-order valence-corrected chi connectivity index (χ0v) is 12.3. The fourth-order valence-corrected chi connectivity index (χ4v) is 2.15. The highest BCUT2D eigenvalue weighted by Crippen LogP contribution is 2.36. The van der Waals surface area contributed by atoms with Crippen molar-refractivity contribution in [1.82, 2.24) is 4.98 Å². The molecule has 0 spiro atoms. The maximum absolute atomic E-state index is 12.9. The van der Waals surface area contributed by atoms with Gasteiger partial charge in [0, 0.05) is 12.6 Å². The highest BCUT2D eigenvalue weighted by Gasteiger charge is 2.51. The number of nitrogens with zero attached hydrogens (tertiary/aromatic N) is 1. The van der Waals surface area contributed by atoms with E-state index >= 15 is 0 Å². The minimum absolute atomic E-state index is 0.101. The van der Waals surface area contributed by atoms with Crippen LogP contribution < -0.4 is 10.8 Å².